The van der Waals surface area contributed by atoms with Crippen LogP contribution in [0.4, 0.5) is 4.79 Å². The summed E-state index contributed by atoms with van der Waals surface area (Å²) in [7, 11) is 0. The van der Waals surface area contributed by atoms with Crippen molar-refractivity contribution in [2.24, 2.45) is 5.92 Å². The van der Waals surface area contributed by atoms with Crippen LogP contribution in [0, 0.1) is 5.92 Å². The quantitative estimate of drug-likeness (QED) is 0.491. The highest BCUT2D eigenvalue weighted by Gasteiger charge is 2.50. The number of benzene rings is 2. The van der Waals surface area contributed by atoms with Crippen molar-refractivity contribution >= 4 is 28.6 Å². The van der Waals surface area contributed by atoms with Gasteiger partial charge in [0.15, 0.2) is 0 Å². The molecule has 7 heteroatoms. The van der Waals surface area contributed by atoms with E-state index in [1.54, 1.807) is 6.92 Å². The maximum absolute atomic E-state index is 13.1. The van der Waals surface area contributed by atoms with Gasteiger partial charge in [-0.05, 0) is 35.6 Å². The van der Waals surface area contributed by atoms with Crippen molar-refractivity contribution in [1.29, 1.82) is 0 Å². The Labute approximate surface area is 176 Å². The number of urea groups is 1. The molecule has 2 aromatic rings. The highest BCUT2D eigenvalue weighted by Crippen LogP contribution is 2.33. The van der Waals surface area contributed by atoms with Gasteiger partial charge in [0.05, 0.1) is 6.61 Å². The van der Waals surface area contributed by atoms with Crippen molar-refractivity contribution in [1.82, 2.24) is 15.5 Å². The molecule has 1 aliphatic heterocycles. The number of amides is 4. The summed E-state index contributed by atoms with van der Waals surface area (Å²) < 4.78 is 5.46. The summed E-state index contributed by atoms with van der Waals surface area (Å²) >= 11 is 0. The van der Waals surface area contributed by atoms with Crippen LogP contribution in [0.25, 0.3) is 10.8 Å². The molecule has 1 aliphatic rings. The predicted molar refractivity (Wildman–Crippen MR) is 115 cm³/mol. The fraction of sp³-hybridized carbons (Fsp3) is 0.435. The number of nitrogens with zero attached hydrogens (tertiary/aromatic N) is 1. The number of carbonyl (C=O) groups is 3. The first-order valence-electron chi connectivity index (χ1n) is 10.3. The number of hydrogen-bond acceptors (Lipinski definition) is 4. The van der Waals surface area contributed by atoms with Gasteiger partial charge in [0.1, 0.15) is 12.1 Å². The first-order valence-corrected chi connectivity index (χ1v) is 10.3. The fourth-order valence-electron chi connectivity index (χ4n) is 3.57. The maximum atomic E-state index is 13.1. The van der Waals surface area contributed by atoms with Gasteiger partial charge in [-0.25, -0.2) is 4.79 Å². The molecule has 1 atom stereocenters. The van der Waals surface area contributed by atoms with Crippen LogP contribution in [0.15, 0.2) is 42.5 Å². The Balaban J connectivity index is 1.62. The Morgan fingerprint density at radius 3 is 2.63 bits per heavy atom. The SMILES string of the molecule is CC(C)CCOCCNC(=O)CN1C(=O)N[C@@](C)(c2cccc3ccccc23)C1=O. The molecule has 2 aromatic carbocycles. The summed E-state index contributed by atoms with van der Waals surface area (Å²) in [5, 5.41) is 7.34. The van der Waals surface area contributed by atoms with E-state index in [2.05, 4.69) is 24.5 Å². The Morgan fingerprint density at radius 2 is 1.87 bits per heavy atom. The monoisotopic (exact) mass is 411 g/mol. The molecule has 1 heterocycles. The molecular weight excluding hydrogens is 382 g/mol. The van der Waals surface area contributed by atoms with Crippen LogP contribution in [-0.2, 0) is 19.9 Å². The summed E-state index contributed by atoms with van der Waals surface area (Å²) in [5.74, 6) is -0.268. The number of nitrogens with one attached hydrogen (secondary N) is 2. The minimum Gasteiger partial charge on any atom is -0.380 e. The van der Waals surface area contributed by atoms with E-state index < -0.39 is 23.4 Å². The van der Waals surface area contributed by atoms with Crippen LogP contribution >= 0.6 is 0 Å². The molecule has 0 aliphatic carbocycles. The third kappa shape index (κ3) is 4.62. The van der Waals surface area contributed by atoms with Crippen LogP contribution < -0.4 is 10.6 Å². The van der Waals surface area contributed by atoms with Crippen molar-refractivity contribution in [2.45, 2.75) is 32.7 Å². The maximum Gasteiger partial charge on any atom is 0.325 e. The van der Waals surface area contributed by atoms with E-state index in [1.807, 2.05) is 42.5 Å². The molecule has 1 saturated heterocycles. The number of fused-ring (bicyclic) bond motifs is 1. The molecule has 1 fully saturated rings. The lowest BCUT2D eigenvalue weighted by Crippen LogP contribution is -2.43. The molecule has 2 N–H and O–H groups in total. The molecule has 160 valence electrons. The van der Waals surface area contributed by atoms with E-state index in [0.29, 0.717) is 31.2 Å². The van der Waals surface area contributed by atoms with Gasteiger partial charge in [-0.3, -0.25) is 14.5 Å². The molecule has 0 aromatic heterocycles. The molecule has 7 nitrogen and oxygen atoms in total. The lowest BCUT2D eigenvalue weighted by molar-refractivity contribution is -0.134. The van der Waals surface area contributed by atoms with Crippen LogP contribution in [0.2, 0.25) is 0 Å². The number of carbonyl (C=O) groups excluding carboxylic acids is 3. The fourth-order valence-corrected chi connectivity index (χ4v) is 3.57. The third-order valence-corrected chi connectivity index (χ3v) is 5.31. The summed E-state index contributed by atoms with van der Waals surface area (Å²) in [6.07, 6.45) is 0.961. The smallest absolute Gasteiger partial charge is 0.325 e. The van der Waals surface area contributed by atoms with Gasteiger partial charge in [-0.2, -0.15) is 0 Å². The molecule has 3 rings (SSSR count). The van der Waals surface area contributed by atoms with Gasteiger partial charge < -0.3 is 15.4 Å². The lowest BCUT2D eigenvalue weighted by Gasteiger charge is -2.24. The van der Waals surface area contributed by atoms with Crippen molar-refractivity contribution in [2.75, 3.05) is 26.3 Å². The van der Waals surface area contributed by atoms with Crippen LogP contribution in [0.1, 0.15) is 32.8 Å². The van der Waals surface area contributed by atoms with Gasteiger partial charge in [0, 0.05) is 13.2 Å². The topological polar surface area (TPSA) is 87.7 Å². The second-order valence-corrected chi connectivity index (χ2v) is 8.12. The van der Waals surface area contributed by atoms with Gasteiger partial charge in [-0.15, -0.1) is 0 Å². The van der Waals surface area contributed by atoms with Crippen LogP contribution in [0.5, 0.6) is 0 Å². The van der Waals surface area contributed by atoms with E-state index in [9.17, 15) is 14.4 Å². The van der Waals surface area contributed by atoms with E-state index in [1.165, 1.54) is 0 Å². The van der Waals surface area contributed by atoms with E-state index in [4.69, 9.17) is 4.74 Å². The molecule has 0 unspecified atom stereocenters. The zero-order valence-corrected chi connectivity index (χ0v) is 17.7. The van der Waals surface area contributed by atoms with Crippen molar-refractivity contribution in [3.63, 3.8) is 0 Å². The normalized spacial score (nSPS) is 18.9. The molecule has 4 amide bonds. The van der Waals surface area contributed by atoms with Gasteiger partial charge in [0.2, 0.25) is 5.91 Å². The minimum atomic E-state index is -1.22. The predicted octanol–water partition coefficient (Wildman–Crippen LogP) is 2.79. The zero-order chi connectivity index (χ0) is 21.7. The number of ether oxygens (including phenoxy) is 1. The highest BCUT2D eigenvalue weighted by atomic mass is 16.5. The van der Waals surface area contributed by atoms with Gasteiger partial charge in [0.25, 0.3) is 5.91 Å². The molecule has 30 heavy (non-hydrogen) atoms. The molecular formula is C23H29N3O4. The van der Waals surface area contributed by atoms with Crippen molar-refractivity contribution < 1.29 is 19.1 Å². The third-order valence-electron chi connectivity index (χ3n) is 5.31. The molecule has 0 radical (unpaired) electrons. The first kappa shape index (κ1) is 21.8. The van der Waals surface area contributed by atoms with E-state index in [-0.39, 0.29) is 6.54 Å². The van der Waals surface area contributed by atoms with E-state index >= 15 is 0 Å². The summed E-state index contributed by atoms with van der Waals surface area (Å²) in [6, 6.07) is 12.8. The largest absolute Gasteiger partial charge is 0.380 e. The van der Waals surface area contributed by atoms with Gasteiger partial charge >= 0.3 is 6.03 Å². The van der Waals surface area contributed by atoms with Crippen LogP contribution in [-0.4, -0.2) is 49.0 Å². The van der Waals surface area contributed by atoms with Gasteiger partial charge in [-0.1, -0.05) is 56.3 Å². The van der Waals surface area contributed by atoms with Crippen molar-refractivity contribution in [3.05, 3.63) is 48.0 Å². The Bertz CT molecular complexity index is 938. The second-order valence-electron chi connectivity index (χ2n) is 8.12. The van der Waals surface area contributed by atoms with E-state index in [0.717, 1.165) is 22.1 Å². The Morgan fingerprint density at radius 1 is 1.13 bits per heavy atom. The lowest BCUT2D eigenvalue weighted by atomic mass is 9.88. The average Bonchev–Trinajstić information content (AvgIpc) is 2.93. The average molecular weight is 412 g/mol. The number of rotatable bonds is 9. The summed E-state index contributed by atoms with van der Waals surface area (Å²) in [5.41, 5.74) is -0.515. The molecule has 0 spiro atoms. The Kier molecular flexibility index (Phi) is 6.72. The number of hydrogen-bond donors (Lipinski definition) is 2. The Hall–Kier alpha value is -2.93. The standard InChI is InChI=1S/C23H29N3O4/c1-16(2)11-13-30-14-12-24-20(27)15-26-21(28)23(3,25-22(26)29)19-10-6-8-17-7-4-5-9-18(17)19/h4-10,16H,11-15H2,1-3H3,(H,24,27)(H,25,29)/t23-/m0/s1. The first-order chi connectivity index (χ1) is 14.3. The second kappa shape index (κ2) is 9.26. The zero-order valence-electron chi connectivity index (χ0n) is 17.7. The molecule has 0 bridgehead atoms. The van der Waals surface area contributed by atoms with Crippen molar-refractivity contribution in [3.8, 4) is 0 Å². The summed E-state index contributed by atoms with van der Waals surface area (Å²) in [6.45, 7) is 6.97. The number of imide groups is 1. The molecule has 0 saturated carbocycles. The minimum absolute atomic E-state index is 0.322. The summed E-state index contributed by atoms with van der Waals surface area (Å²) in [4.78, 5) is 38.9. The van der Waals surface area contributed by atoms with Crippen LogP contribution in [0.3, 0.4) is 0 Å². The highest BCUT2D eigenvalue weighted by molar-refractivity contribution is 6.10.